The Morgan fingerprint density at radius 2 is 2.10 bits per heavy atom. The Morgan fingerprint density at radius 1 is 1.33 bits per heavy atom. The van der Waals surface area contributed by atoms with Gasteiger partial charge < -0.3 is 15.2 Å². The average molecular weight is 288 g/mol. The first-order valence-corrected chi connectivity index (χ1v) is 7.67. The van der Waals surface area contributed by atoms with Crippen LogP contribution in [0.15, 0.2) is 18.2 Å². The summed E-state index contributed by atoms with van der Waals surface area (Å²) in [7, 11) is 1.58. The predicted molar refractivity (Wildman–Crippen MR) is 81.9 cm³/mol. The standard InChI is InChI=1S/C17H24N2O2/c1-21-17-7-6-13(8-16(17)9-18)10-19-11-14-4-2-3-5-15(14)12-20/h6-8,14-15,19-20H,2-5,10-12H2,1H3. The molecule has 0 bridgehead atoms. The maximum atomic E-state index is 9.43. The average Bonchev–Trinajstić information content (AvgIpc) is 2.55. The van der Waals surface area contributed by atoms with E-state index in [1.54, 1.807) is 7.11 Å². The van der Waals surface area contributed by atoms with Crippen molar-refractivity contribution in [2.24, 2.45) is 11.8 Å². The molecule has 2 unspecified atom stereocenters. The van der Waals surface area contributed by atoms with Crippen LogP contribution in [0, 0.1) is 23.2 Å². The lowest BCUT2D eigenvalue weighted by Crippen LogP contribution is -2.32. The third kappa shape index (κ3) is 4.20. The van der Waals surface area contributed by atoms with E-state index in [-0.39, 0.29) is 0 Å². The van der Waals surface area contributed by atoms with E-state index in [4.69, 9.17) is 10.00 Å². The first-order chi connectivity index (χ1) is 10.3. The minimum atomic E-state index is 0.299. The van der Waals surface area contributed by atoms with Crippen molar-refractivity contribution in [2.75, 3.05) is 20.3 Å². The minimum absolute atomic E-state index is 0.299. The number of methoxy groups -OCH3 is 1. The van der Waals surface area contributed by atoms with Crippen molar-refractivity contribution < 1.29 is 9.84 Å². The minimum Gasteiger partial charge on any atom is -0.495 e. The maximum absolute atomic E-state index is 9.43. The molecule has 0 aliphatic heterocycles. The first kappa shape index (κ1) is 15.8. The van der Waals surface area contributed by atoms with Gasteiger partial charge in [-0.2, -0.15) is 5.26 Å². The van der Waals surface area contributed by atoms with Crippen molar-refractivity contribution in [3.8, 4) is 11.8 Å². The van der Waals surface area contributed by atoms with Crippen LogP contribution < -0.4 is 10.1 Å². The number of benzene rings is 1. The van der Waals surface area contributed by atoms with Gasteiger partial charge in [-0.25, -0.2) is 0 Å². The van der Waals surface area contributed by atoms with Gasteiger partial charge in [-0.05, 0) is 48.9 Å². The summed E-state index contributed by atoms with van der Waals surface area (Å²) >= 11 is 0. The molecule has 1 aliphatic carbocycles. The van der Waals surface area contributed by atoms with Gasteiger partial charge in [-0.3, -0.25) is 0 Å². The zero-order chi connectivity index (χ0) is 15.1. The molecular formula is C17H24N2O2. The fourth-order valence-electron chi connectivity index (χ4n) is 3.15. The highest BCUT2D eigenvalue weighted by Crippen LogP contribution is 2.29. The Hall–Kier alpha value is -1.57. The summed E-state index contributed by atoms with van der Waals surface area (Å²) in [5.74, 6) is 1.63. The zero-order valence-electron chi connectivity index (χ0n) is 12.6. The van der Waals surface area contributed by atoms with E-state index in [9.17, 15) is 5.11 Å². The van der Waals surface area contributed by atoms with E-state index >= 15 is 0 Å². The molecule has 1 aromatic carbocycles. The molecule has 4 heteroatoms. The quantitative estimate of drug-likeness (QED) is 0.844. The van der Waals surface area contributed by atoms with Gasteiger partial charge in [-0.1, -0.05) is 18.9 Å². The van der Waals surface area contributed by atoms with Gasteiger partial charge in [0.25, 0.3) is 0 Å². The van der Waals surface area contributed by atoms with Crippen LogP contribution in [0.2, 0.25) is 0 Å². The van der Waals surface area contributed by atoms with E-state index in [2.05, 4.69) is 11.4 Å². The van der Waals surface area contributed by atoms with Crippen molar-refractivity contribution in [1.82, 2.24) is 5.32 Å². The molecule has 2 rings (SSSR count). The molecule has 2 N–H and O–H groups in total. The van der Waals surface area contributed by atoms with Crippen molar-refractivity contribution in [3.63, 3.8) is 0 Å². The van der Waals surface area contributed by atoms with Crippen LogP contribution in [-0.2, 0) is 6.54 Å². The molecule has 114 valence electrons. The van der Waals surface area contributed by atoms with E-state index in [0.717, 1.165) is 25.1 Å². The van der Waals surface area contributed by atoms with E-state index in [1.807, 2.05) is 18.2 Å². The van der Waals surface area contributed by atoms with Crippen molar-refractivity contribution >= 4 is 0 Å². The molecule has 0 heterocycles. The highest BCUT2D eigenvalue weighted by Gasteiger charge is 2.23. The van der Waals surface area contributed by atoms with Gasteiger partial charge in [0.2, 0.25) is 0 Å². The summed E-state index contributed by atoms with van der Waals surface area (Å²) in [5, 5.41) is 22.0. The molecule has 0 radical (unpaired) electrons. The third-order valence-corrected chi connectivity index (χ3v) is 4.42. The van der Waals surface area contributed by atoms with Gasteiger partial charge in [0.15, 0.2) is 0 Å². The lowest BCUT2D eigenvalue weighted by Gasteiger charge is -2.30. The molecule has 1 fully saturated rings. The highest BCUT2D eigenvalue weighted by atomic mass is 16.5. The second kappa shape index (κ2) is 8.02. The topological polar surface area (TPSA) is 65.3 Å². The van der Waals surface area contributed by atoms with Crippen LogP contribution in [-0.4, -0.2) is 25.4 Å². The summed E-state index contributed by atoms with van der Waals surface area (Å²) in [6.45, 7) is 1.97. The number of hydrogen-bond donors (Lipinski definition) is 2. The van der Waals surface area contributed by atoms with Crippen LogP contribution in [0.5, 0.6) is 5.75 Å². The Balaban J connectivity index is 1.87. The molecule has 0 saturated heterocycles. The highest BCUT2D eigenvalue weighted by molar-refractivity contribution is 5.45. The lowest BCUT2D eigenvalue weighted by molar-refractivity contribution is 0.133. The molecule has 1 aromatic rings. The van der Waals surface area contributed by atoms with Crippen molar-refractivity contribution in [2.45, 2.75) is 32.2 Å². The molecule has 1 saturated carbocycles. The fraction of sp³-hybridized carbons (Fsp3) is 0.588. The molecule has 21 heavy (non-hydrogen) atoms. The Labute approximate surface area is 126 Å². The van der Waals surface area contributed by atoms with Gasteiger partial charge >= 0.3 is 0 Å². The summed E-state index contributed by atoms with van der Waals surface area (Å²) in [6.07, 6.45) is 4.85. The third-order valence-electron chi connectivity index (χ3n) is 4.42. The number of rotatable bonds is 6. The van der Waals surface area contributed by atoms with Crippen molar-refractivity contribution in [3.05, 3.63) is 29.3 Å². The molecule has 0 amide bonds. The summed E-state index contributed by atoms with van der Waals surface area (Å²) in [5.41, 5.74) is 1.66. The molecule has 0 aromatic heterocycles. The SMILES string of the molecule is COc1ccc(CNCC2CCCCC2CO)cc1C#N. The van der Waals surface area contributed by atoms with E-state index in [0.29, 0.717) is 29.8 Å². The summed E-state index contributed by atoms with van der Waals surface area (Å²) in [4.78, 5) is 0. The van der Waals surface area contributed by atoms with Crippen LogP contribution in [0.1, 0.15) is 36.8 Å². The van der Waals surface area contributed by atoms with Gasteiger partial charge in [0.05, 0.1) is 12.7 Å². The van der Waals surface area contributed by atoms with Crippen LogP contribution >= 0.6 is 0 Å². The van der Waals surface area contributed by atoms with Gasteiger partial charge in [0.1, 0.15) is 11.8 Å². The normalized spacial score (nSPS) is 21.8. The molecule has 0 spiro atoms. The Bertz CT molecular complexity index is 496. The smallest absolute Gasteiger partial charge is 0.136 e. The second-order valence-corrected chi connectivity index (χ2v) is 5.76. The lowest BCUT2D eigenvalue weighted by atomic mass is 9.79. The maximum Gasteiger partial charge on any atom is 0.136 e. The number of ether oxygens (including phenoxy) is 1. The molecule has 2 atom stereocenters. The van der Waals surface area contributed by atoms with Gasteiger partial charge in [-0.15, -0.1) is 0 Å². The molecular weight excluding hydrogens is 264 g/mol. The summed E-state index contributed by atoms with van der Waals surface area (Å²) in [6, 6.07) is 7.85. The molecule has 4 nitrogen and oxygen atoms in total. The molecule has 1 aliphatic rings. The Morgan fingerprint density at radius 3 is 2.76 bits per heavy atom. The largest absolute Gasteiger partial charge is 0.495 e. The first-order valence-electron chi connectivity index (χ1n) is 7.67. The Kier molecular flexibility index (Phi) is 6.04. The zero-order valence-corrected chi connectivity index (χ0v) is 12.6. The number of nitriles is 1. The van der Waals surface area contributed by atoms with Crippen molar-refractivity contribution in [1.29, 1.82) is 5.26 Å². The van der Waals surface area contributed by atoms with Gasteiger partial charge in [0, 0.05) is 13.2 Å². The van der Waals surface area contributed by atoms with E-state index in [1.165, 1.54) is 19.3 Å². The fourth-order valence-corrected chi connectivity index (χ4v) is 3.15. The number of nitrogens with one attached hydrogen (secondary N) is 1. The number of aliphatic hydroxyl groups excluding tert-OH is 1. The predicted octanol–water partition coefficient (Wildman–Crippen LogP) is 2.46. The second-order valence-electron chi connectivity index (χ2n) is 5.76. The monoisotopic (exact) mass is 288 g/mol. The number of aliphatic hydroxyl groups is 1. The van der Waals surface area contributed by atoms with Crippen LogP contribution in [0.4, 0.5) is 0 Å². The summed E-state index contributed by atoms with van der Waals surface area (Å²) < 4.78 is 5.15. The van der Waals surface area contributed by atoms with Crippen LogP contribution in [0.3, 0.4) is 0 Å². The number of hydrogen-bond acceptors (Lipinski definition) is 4. The van der Waals surface area contributed by atoms with Crippen LogP contribution in [0.25, 0.3) is 0 Å². The van der Waals surface area contributed by atoms with E-state index < -0.39 is 0 Å². The number of nitrogens with zero attached hydrogens (tertiary/aromatic N) is 1.